The molecule has 2 aromatic heterocycles. The van der Waals surface area contributed by atoms with Crippen LogP contribution < -0.4 is 14.4 Å². The van der Waals surface area contributed by atoms with E-state index in [0.717, 1.165) is 74.7 Å². The number of amides is 1. The highest BCUT2D eigenvalue weighted by Crippen LogP contribution is 2.55. The van der Waals surface area contributed by atoms with Gasteiger partial charge in [-0.2, -0.15) is 5.10 Å². The van der Waals surface area contributed by atoms with Crippen LogP contribution in [0, 0.1) is 25.1 Å². The van der Waals surface area contributed by atoms with E-state index in [9.17, 15) is 4.79 Å². The zero-order chi connectivity index (χ0) is 50.6. The Morgan fingerprint density at radius 3 is 2.03 bits per heavy atom. The van der Waals surface area contributed by atoms with Gasteiger partial charge in [-0.25, -0.2) is 14.2 Å². The number of rotatable bonds is 14. The lowest BCUT2D eigenvalue weighted by molar-refractivity contribution is 0.0214. The van der Waals surface area contributed by atoms with Crippen molar-refractivity contribution in [1.82, 2.24) is 19.7 Å². The molecule has 1 aliphatic carbocycles. The Balaban J connectivity index is 1.17. The van der Waals surface area contributed by atoms with Crippen LogP contribution in [0.25, 0.3) is 32.9 Å². The molecule has 10 nitrogen and oxygen atoms in total. The number of aromatic nitrogens is 3. The van der Waals surface area contributed by atoms with E-state index in [4.69, 9.17) is 35.5 Å². The van der Waals surface area contributed by atoms with Gasteiger partial charge in [-0.3, -0.25) is 4.68 Å². The molecule has 0 unspecified atom stereocenters. The molecule has 73 heavy (non-hydrogen) atoms. The highest BCUT2D eigenvalue weighted by Gasteiger charge is 2.48. The fourth-order valence-corrected chi connectivity index (χ4v) is 11.0. The fraction of sp³-hybridized carbons (Fsp3) is 0.306. The molecule has 1 saturated carbocycles. The quantitative estimate of drug-likeness (QED) is 0.0786. The van der Waals surface area contributed by atoms with Crippen LogP contribution in [0.1, 0.15) is 91.8 Å². The van der Waals surface area contributed by atoms with Gasteiger partial charge in [-0.05, 0) is 111 Å². The van der Waals surface area contributed by atoms with Crippen molar-refractivity contribution in [1.29, 1.82) is 0 Å². The molecule has 370 valence electrons. The third-order valence-corrected chi connectivity index (χ3v) is 14.8. The predicted molar refractivity (Wildman–Crippen MR) is 285 cm³/mol. The fourth-order valence-electron chi connectivity index (χ4n) is 11.0. The molecule has 8 aromatic rings. The van der Waals surface area contributed by atoms with Crippen molar-refractivity contribution in [3.05, 3.63) is 184 Å². The van der Waals surface area contributed by atoms with E-state index in [-0.39, 0.29) is 49.2 Å². The smallest absolute Gasteiger partial charge is 0.410 e. The predicted octanol–water partition coefficient (Wildman–Crippen LogP) is 12.6. The topological polar surface area (TPSA) is 91.2 Å². The number of benzene rings is 6. The first-order valence-corrected chi connectivity index (χ1v) is 25.3. The summed E-state index contributed by atoms with van der Waals surface area (Å²) in [6, 6.07) is 44.8. The summed E-state index contributed by atoms with van der Waals surface area (Å²) in [5.74, 6) is 3.44. The highest BCUT2D eigenvalue weighted by molar-refractivity contribution is 6.07. The van der Waals surface area contributed by atoms with Gasteiger partial charge in [0, 0.05) is 72.0 Å². The summed E-state index contributed by atoms with van der Waals surface area (Å²) in [5, 5.41) is 7.08. The van der Waals surface area contributed by atoms with Crippen LogP contribution in [0.2, 0.25) is 0 Å². The van der Waals surface area contributed by atoms with E-state index in [1.54, 1.807) is 13.2 Å². The minimum Gasteiger partial charge on any atom is -0.486 e. The van der Waals surface area contributed by atoms with Gasteiger partial charge in [-0.1, -0.05) is 109 Å². The number of likely N-dealkylation sites (tertiary alicyclic amines) is 1. The molecule has 0 N–H and O–H groups in total. The molecule has 4 heterocycles. The largest absolute Gasteiger partial charge is 0.486 e. The highest BCUT2D eigenvalue weighted by atomic mass is 19.1. The average molecular weight is 974 g/mol. The number of nitrogens with zero attached hydrogens (tertiary/aromatic N) is 5. The Labute approximate surface area is 426 Å². The van der Waals surface area contributed by atoms with E-state index >= 15 is 4.39 Å². The Kier molecular flexibility index (Phi) is 12.4. The zero-order valence-corrected chi connectivity index (χ0v) is 42.3. The molecular weight excluding hydrogens is 914 g/mol. The number of anilines is 1. The summed E-state index contributed by atoms with van der Waals surface area (Å²) in [7, 11) is 1.66. The summed E-state index contributed by atoms with van der Waals surface area (Å²) in [6.45, 7) is 11.1. The zero-order valence-electron chi connectivity index (χ0n) is 42.3. The van der Waals surface area contributed by atoms with Crippen molar-refractivity contribution in [2.75, 3.05) is 31.7 Å². The Morgan fingerprint density at radius 1 is 0.822 bits per heavy atom. The van der Waals surface area contributed by atoms with E-state index in [1.165, 1.54) is 0 Å². The van der Waals surface area contributed by atoms with Crippen molar-refractivity contribution in [2.24, 2.45) is 0 Å². The molecule has 0 spiro atoms. The van der Waals surface area contributed by atoms with Crippen molar-refractivity contribution in [2.45, 2.75) is 95.7 Å². The normalized spacial score (nSPS) is 17.0. The summed E-state index contributed by atoms with van der Waals surface area (Å²) in [4.78, 5) is 23.1. The lowest BCUT2D eigenvalue weighted by atomic mass is 9.77. The van der Waals surface area contributed by atoms with Crippen molar-refractivity contribution in [3.63, 3.8) is 0 Å². The van der Waals surface area contributed by atoms with Crippen LogP contribution in [0.4, 0.5) is 14.9 Å². The molecule has 2 saturated heterocycles. The molecular formula is C62H60FN5O5. The molecule has 11 heteroatoms. The molecule has 0 radical (unpaired) electrons. The number of piperazine rings is 1. The van der Waals surface area contributed by atoms with Crippen molar-refractivity contribution >= 4 is 33.6 Å². The number of carbonyl (C=O) groups is 1. The maximum absolute atomic E-state index is 17.2. The third kappa shape index (κ3) is 8.82. The van der Waals surface area contributed by atoms with Gasteiger partial charge in [0.25, 0.3) is 0 Å². The lowest BCUT2D eigenvalue weighted by Gasteiger charge is -2.37. The van der Waals surface area contributed by atoms with Crippen molar-refractivity contribution in [3.8, 4) is 35.1 Å². The number of ether oxygens (including phenoxy) is 4. The van der Waals surface area contributed by atoms with E-state index < -0.39 is 11.1 Å². The third-order valence-electron chi connectivity index (χ3n) is 14.8. The second kappa shape index (κ2) is 19.1. The average Bonchev–Trinajstić information content (AvgIpc) is 3.84. The van der Waals surface area contributed by atoms with E-state index in [0.29, 0.717) is 46.9 Å². The Hall–Kier alpha value is -7.68. The van der Waals surface area contributed by atoms with Crippen LogP contribution in [0.3, 0.4) is 0 Å². The number of carbonyl (C=O) groups excluding carboxylic acids is 1. The minimum atomic E-state index is -0.951. The number of methoxy groups -OCH3 is 1. The first-order chi connectivity index (χ1) is 35.3. The second-order valence-electron chi connectivity index (χ2n) is 20.8. The number of terminal acetylenes is 1. The summed E-state index contributed by atoms with van der Waals surface area (Å²) in [5.41, 5.74) is 8.14. The summed E-state index contributed by atoms with van der Waals surface area (Å²) in [6.07, 6.45) is 10.1. The van der Waals surface area contributed by atoms with Gasteiger partial charge in [0.05, 0.1) is 23.3 Å². The van der Waals surface area contributed by atoms with Crippen LogP contribution in [0.15, 0.2) is 140 Å². The summed E-state index contributed by atoms with van der Waals surface area (Å²) >= 11 is 0. The number of pyridine rings is 1. The molecule has 2 bridgehead atoms. The SMILES string of the molecule is C#Cc1ccc(COc2c(-c3c(C)c(F)cc4nn(C(c5ccccc5)(c5ccccc5)c5ccccc5)cc34)c(C3CC3)cc3c(N4C[C@@H]5C[C@H]4CN5C(=O)OC(C)(C)C)cc(OC[C@H](C)OC)nc23)cc1. The van der Waals surface area contributed by atoms with Gasteiger partial charge in [0.15, 0.2) is 5.75 Å². The van der Waals surface area contributed by atoms with Crippen molar-refractivity contribution < 1.29 is 28.1 Å². The molecule has 3 fully saturated rings. The second-order valence-corrected chi connectivity index (χ2v) is 20.8. The lowest BCUT2D eigenvalue weighted by Crippen LogP contribution is -2.50. The van der Waals surface area contributed by atoms with Crippen LogP contribution in [-0.2, 0) is 21.6 Å². The monoisotopic (exact) mass is 973 g/mol. The molecule has 2 aliphatic heterocycles. The van der Waals surface area contributed by atoms with Gasteiger partial charge in [0.1, 0.15) is 35.7 Å². The van der Waals surface area contributed by atoms with Crippen LogP contribution in [0.5, 0.6) is 11.6 Å². The van der Waals surface area contributed by atoms with E-state index in [1.807, 2.05) is 92.7 Å². The Bertz CT molecular complexity index is 3290. The number of fused-ring (bicyclic) bond motifs is 4. The van der Waals surface area contributed by atoms with Gasteiger partial charge in [-0.15, -0.1) is 6.42 Å². The van der Waals surface area contributed by atoms with Gasteiger partial charge < -0.3 is 28.7 Å². The first-order valence-electron chi connectivity index (χ1n) is 25.3. The molecule has 1 amide bonds. The maximum atomic E-state index is 17.2. The number of hydrogen-bond acceptors (Lipinski definition) is 8. The first kappa shape index (κ1) is 47.6. The maximum Gasteiger partial charge on any atom is 0.410 e. The van der Waals surface area contributed by atoms with Gasteiger partial charge >= 0.3 is 6.09 Å². The molecule has 3 aliphatic rings. The van der Waals surface area contributed by atoms with E-state index in [2.05, 4.69) is 95.9 Å². The molecule has 3 atom stereocenters. The summed E-state index contributed by atoms with van der Waals surface area (Å²) < 4.78 is 44.5. The molecule has 11 rings (SSSR count). The number of halogens is 1. The van der Waals surface area contributed by atoms with Gasteiger partial charge in [0.2, 0.25) is 5.88 Å². The van der Waals surface area contributed by atoms with Crippen LogP contribution >= 0.6 is 0 Å². The number of hydrogen-bond donors (Lipinski definition) is 0. The minimum absolute atomic E-state index is 0.0204. The standard InChI is InChI=1S/C62H60FN5O5/c1-8-41-24-26-42(27-25-41)38-72-59-57(56-40(3)52(63)32-53-51(56)36-68(65-53)62(44-18-12-9-13-19-44,45-20-14-10-15-21-45)46-22-16-11-17-23-46)49(43-28-29-43)31-50-54(33-55(64-58(50)59)71-37-39(2)70-7)66-34-48-30-47(66)35-67(48)60(69)73-61(4,5)6/h1,9-27,31-33,36,39,43,47-48H,28-30,34-35,37-38H2,2-7H3/t39-,47-,48-/m0/s1. The van der Waals surface area contributed by atoms with Crippen LogP contribution in [-0.4, -0.2) is 76.4 Å². The molecule has 6 aromatic carbocycles. The Morgan fingerprint density at radius 2 is 1.47 bits per heavy atom.